The number of carbonyl (C=O) groups is 1. The fourth-order valence-corrected chi connectivity index (χ4v) is 4.61. The highest BCUT2D eigenvalue weighted by Gasteiger charge is 2.19. The van der Waals surface area contributed by atoms with Gasteiger partial charge in [0.1, 0.15) is 5.69 Å². The minimum atomic E-state index is -0.145. The van der Waals surface area contributed by atoms with Gasteiger partial charge < -0.3 is 9.88 Å². The van der Waals surface area contributed by atoms with Gasteiger partial charge in [-0.2, -0.15) is 10.2 Å². The summed E-state index contributed by atoms with van der Waals surface area (Å²) in [7, 11) is 0. The van der Waals surface area contributed by atoms with Crippen molar-refractivity contribution in [3.63, 3.8) is 0 Å². The van der Waals surface area contributed by atoms with Crippen LogP contribution in [0, 0.1) is 19.8 Å². The number of aromatic nitrogens is 5. The SMILES string of the molecule is Cc1nn(C(C)C)c(C)c1-c1cc(C(=O)NCCc2cn(CCC(C)C)c3ccccc23)[nH]n1. The minimum absolute atomic E-state index is 0.145. The second-order valence-electron chi connectivity index (χ2n) is 9.80. The third-order valence-corrected chi connectivity index (χ3v) is 6.39. The number of H-pyrrole nitrogens is 1. The first-order valence-corrected chi connectivity index (χ1v) is 12.2. The van der Waals surface area contributed by atoms with Gasteiger partial charge in [0, 0.05) is 47.5 Å². The normalized spacial score (nSPS) is 11.8. The van der Waals surface area contributed by atoms with Gasteiger partial charge in [0.05, 0.1) is 11.4 Å². The van der Waals surface area contributed by atoms with Crippen LogP contribution in [-0.2, 0) is 13.0 Å². The summed E-state index contributed by atoms with van der Waals surface area (Å²) in [6.45, 7) is 14.3. The molecule has 0 spiro atoms. The summed E-state index contributed by atoms with van der Waals surface area (Å²) in [5.74, 6) is 0.518. The molecule has 0 saturated carbocycles. The van der Waals surface area contributed by atoms with Crippen LogP contribution in [0.3, 0.4) is 0 Å². The Morgan fingerprint density at radius 1 is 1.15 bits per heavy atom. The molecule has 0 fully saturated rings. The predicted octanol–water partition coefficient (Wildman–Crippen LogP) is 5.44. The molecule has 0 aliphatic carbocycles. The highest BCUT2D eigenvalue weighted by atomic mass is 16.1. The van der Waals surface area contributed by atoms with E-state index in [1.807, 2.05) is 24.6 Å². The van der Waals surface area contributed by atoms with Crippen LogP contribution in [0.4, 0.5) is 0 Å². The van der Waals surface area contributed by atoms with Crippen LogP contribution in [0.1, 0.15) is 67.6 Å². The molecule has 180 valence electrons. The standard InChI is InChI=1S/C27H36N6O/c1-17(2)12-14-32-16-21(22-9-7-8-10-25(22)32)11-13-28-27(34)24-15-23(29-30-24)26-19(5)31-33(18(3)4)20(26)6/h7-10,15-18H,11-14H2,1-6H3,(H,28,34)(H,29,30). The van der Waals surface area contributed by atoms with Gasteiger partial charge in [0.15, 0.2) is 0 Å². The van der Waals surface area contributed by atoms with Crippen molar-refractivity contribution in [2.24, 2.45) is 5.92 Å². The van der Waals surface area contributed by atoms with Gasteiger partial charge in [0.25, 0.3) is 5.91 Å². The lowest BCUT2D eigenvalue weighted by atomic mass is 10.1. The highest BCUT2D eigenvalue weighted by Crippen LogP contribution is 2.27. The Morgan fingerprint density at radius 3 is 2.62 bits per heavy atom. The molecule has 0 saturated heterocycles. The quantitative estimate of drug-likeness (QED) is 0.349. The van der Waals surface area contributed by atoms with Crippen LogP contribution in [0.5, 0.6) is 0 Å². The van der Waals surface area contributed by atoms with Crippen LogP contribution in [0.2, 0.25) is 0 Å². The zero-order chi connectivity index (χ0) is 24.4. The smallest absolute Gasteiger partial charge is 0.269 e. The van der Waals surface area contributed by atoms with Crippen molar-refractivity contribution < 1.29 is 4.79 Å². The number of nitrogens with one attached hydrogen (secondary N) is 2. The molecule has 7 heteroatoms. The number of benzene rings is 1. The lowest BCUT2D eigenvalue weighted by Crippen LogP contribution is -2.26. The summed E-state index contributed by atoms with van der Waals surface area (Å²) in [6, 6.07) is 10.6. The molecule has 2 N–H and O–H groups in total. The number of amides is 1. The van der Waals surface area contributed by atoms with Crippen molar-refractivity contribution in [2.45, 2.75) is 67.0 Å². The number of hydrogen-bond donors (Lipinski definition) is 2. The Kier molecular flexibility index (Phi) is 6.91. The molecule has 0 unspecified atom stereocenters. The van der Waals surface area contributed by atoms with Crippen LogP contribution in [-0.4, -0.2) is 37.0 Å². The summed E-state index contributed by atoms with van der Waals surface area (Å²) in [6.07, 6.45) is 4.17. The topological polar surface area (TPSA) is 80.5 Å². The van der Waals surface area contributed by atoms with Crippen molar-refractivity contribution in [3.8, 4) is 11.3 Å². The lowest BCUT2D eigenvalue weighted by Gasteiger charge is -2.07. The summed E-state index contributed by atoms with van der Waals surface area (Å²) in [4.78, 5) is 12.8. The highest BCUT2D eigenvalue weighted by molar-refractivity contribution is 5.93. The molecule has 3 heterocycles. The molecule has 4 aromatic rings. The van der Waals surface area contributed by atoms with Gasteiger partial charge in [-0.15, -0.1) is 0 Å². The number of fused-ring (bicyclic) bond motifs is 1. The van der Waals surface area contributed by atoms with Crippen molar-refractivity contribution in [1.82, 2.24) is 29.9 Å². The molecular formula is C27H36N6O. The number of nitrogens with zero attached hydrogens (tertiary/aromatic N) is 4. The first kappa shape index (κ1) is 23.8. The maximum atomic E-state index is 12.8. The van der Waals surface area contributed by atoms with E-state index < -0.39 is 0 Å². The number of aryl methyl sites for hydroxylation is 2. The Labute approximate surface area is 201 Å². The third-order valence-electron chi connectivity index (χ3n) is 6.39. The molecule has 0 radical (unpaired) electrons. The summed E-state index contributed by atoms with van der Waals surface area (Å²) in [5, 5.41) is 16.3. The van der Waals surface area contributed by atoms with E-state index in [9.17, 15) is 4.79 Å². The molecule has 0 bridgehead atoms. The summed E-state index contributed by atoms with van der Waals surface area (Å²) < 4.78 is 4.34. The van der Waals surface area contributed by atoms with E-state index in [0.29, 0.717) is 18.2 Å². The molecule has 4 rings (SSSR count). The van der Waals surface area contributed by atoms with Crippen LogP contribution in [0.15, 0.2) is 36.5 Å². The Morgan fingerprint density at radius 2 is 1.91 bits per heavy atom. The molecule has 34 heavy (non-hydrogen) atoms. The average Bonchev–Trinajstić information content (AvgIpc) is 3.48. The number of aromatic amines is 1. The third kappa shape index (κ3) is 4.79. The van der Waals surface area contributed by atoms with Gasteiger partial charge in [-0.3, -0.25) is 14.6 Å². The number of rotatable bonds is 9. The van der Waals surface area contributed by atoms with E-state index in [4.69, 9.17) is 0 Å². The van der Waals surface area contributed by atoms with Gasteiger partial charge in [0.2, 0.25) is 0 Å². The zero-order valence-corrected chi connectivity index (χ0v) is 21.1. The second kappa shape index (κ2) is 9.87. The van der Waals surface area contributed by atoms with Gasteiger partial charge in [-0.25, -0.2) is 0 Å². The van der Waals surface area contributed by atoms with E-state index in [2.05, 4.69) is 83.3 Å². The van der Waals surface area contributed by atoms with Crippen LogP contribution in [0.25, 0.3) is 22.2 Å². The van der Waals surface area contributed by atoms with Crippen LogP contribution < -0.4 is 5.32 Å². The van der Waals surface area contributed by atoms with Crippen molar-refractivity contribution in [2.75, 3.05) is 6.54 Å². The van der Waals surface area contributed by atoms with Gasteiger partial charge >= 0.3 is 0 Å². The minimum Gasteiger partial charge on any atom is -0.350 e. The molecule has 0 aliphatic heterocycles. The zero-order valence-electron chi connectivity index (χ0n) is 21.1. The lowest BCUT2D eigenvalue weighted by molar-refractivity contribution is 0.0949. The van der Waals surface area contributed by atoms with E-state index in [0.717, 1.165) is 42.0 Å². The van der Waals surface area contributed by atoms with Gasteiger partial charge in [-0.1, -0.05) is 32.0 Å². The summed E-state index contributed by atoms with van der Waals surface area (Å²) in [5.41, 5.74) is 6.69. The number of hydrogen-bond acceptors (Lipinski definition) is 3. The van der Waals surface area contributed by atoms with Crippen molar-refractivity contribution >= 4 is 16.8 Å². The second-order valence-corrected chi connectivity index (χ2v) is 9.80. The summed E-state index contributed by atoms with van der Waals surface area (Å²) >= 11 is 0. The number of para-hydroxylation sites is 1. The maximum Gasteiger partial charge on any atom is 0.269 e. The maximum absolute atomic E-state index is 12.8. The predicted molar refractivity (Wildman–Crippen MR) is 137 cm³/mol. The molecule has 0 aliphatic rings. The van der Waals surface area contributed by atoms with E-state index in [1.165, 1.54) is 16.5 Å². The van der Waals surface area contributed by atoms with E-state index >= 15 is 0 Å². The molecule has 3 aromatic heterocycles. The Hall–Kier alpha value is -3.35. The van der Waals surface area contributed by atoms with Crippen molar-refractivity contribution in [1.29, 1.82) is 0 Å². The first-order valence-electron chi connectivity index (χ1n) is 12.2. The van der Waals surface area contributed by atoms with E-state index in [-0.39, 0.29) is 11.9 Å². The number of carbonyl (C=O) groups excluding carboxylic acids is 1. The fraction of sp³-hybridized carbons (Fsp3) is 0.444. The largest absolute Gasteiger partial charge is 0.350 e. The molecule has 7 nitrogen and oxygen atoms in total. The fourth-order valence-electron chi connectivity index (χ4n) is 4.61. The molecule has 1 aromatic carbocycles. The molecule has 1 amide bonds. The van der Waals surface area contributed by atoms with Gasteiger partial charge in [-0.05, 0) is 64.2 Å². The van der Waals surface area contributed by atoms with Crippen molar-refractivity contribution in [3.05, 3.63) is 59.2 Å². The average molecular weight is 461 g/mol. The first-order chi connectivity index (χ1) is 16.3. The molecule has 0 atom stereocenters. The monoisotopic (exact) mass is 460 g/mol. The Bertz CT molecular complexity index is 1290. The molecular weight excluding hydrogens is 424 g/mol. The van der Waals surface area contributed by atoms with E-state index in [1.54, 1.807) is 0 Å². The Balaban J connectivity index is 1.43. The van der Waals surface area contributed by atoms with Crippen LogP contribution >= 0.6 is 0 Å².